The molecule has 0 amide bonds. The number of unbranched alkanes of at least 4 members (excludes halogenated alkanes) is 20. The quantitative estimate of drug-likeness (QED) is 0.0195. The minimum absolute atomic E-state index is 0.142. The average molecular weight is 912 g/mol. The summed E-state index contributed by atoms with van der Waals surface area (Å²) in [6.07, 6.45) is 56.4. The third-order valence-corrected chi connectivity index (χ3v) is 10.9. The van der Waals surface area contributed by atoms with Crippen LogP contribution in [0.2, 0.25) is 0 Å². The van der Waals surface area contributed by atoms with Crippen LogP contribution in [0, 0.1) is 0 Å². The van der Waals surface area contributed by atoms with Crippen molar-refractivity contribution in [1.82, 2.24) is 0 Å². The first-order valence-electron chi connectivity index (χ1n) is 26.1. The second kappa shape index (κ2) is 47.2. The lowest BCUT2D eigenvalue weighted by atomic mass is 10.0. The van der Waals surface area contributed by atoms with E-state index in [0.717, 1.165) is 89.9 Å². The molecular formula is C56H97NO8. The van der Waals surface area contributed by atoms with E-state index in [1.807, 2.05) is 21.1 Å². The Morgan fingerprint density at radius 2 is 0.877 bits per heavy atom. The molecule has 2 unspecified atom stereocenters. The van der Waals surface area contributed by atoms with Gasteiger partial charge in [0.1, 0.15) is 13.2 Å². The standard InChI is InChI=1S/C56H97NO8/c1-6-8-10-12-14-16-18-20-22-24-25-26-27-28-29-31-33-35-37-39-41-43-45-47-54(59)65-52(51-64-56(55(60)61)62-49-48-57(3,4)5)50-63-53(58)46-44-42-40-38-36-34-32-30-23-21-19-17-15-13-11-9-7-2/h8,10,14-17,20-23,25-26,52,56H,6-7,9,11-13,18-19,24,27-51H2,1-5H3/b10-8-,16-14-,17-15-,22-20-,23-21-,26-25-. The molecule has 0 heterocycles. The number of hydrogen-bond donors (Lipinski definition) is 0. The number of hydrogen-bond acceptors (Lipinski definition) is 8. The topological polar surface area (TPSA) is 111 Å². The summed E-state index contributed by atoms with van der Waals surface area (Å²) in [6, 6.07) is 0. The van der Waals surface area contributed by atoms with Crippen molar-refractivity contribution >= 4 is 17.9 Å². The lowest BCUT2D eigenvalue weighted by Crippen LogP contribution is -2.44. The minimum atomic E-state index is -1.63. The summed E-state index contributed by atoms with van der Waals surface area (Å²) >= 11 is 0. The smallest absolute Gasteiger partial charge is 0.306 e. The Hall–Kier alpha value is -3.27. The number of carbonyl (C=O) groups is 3. The van der Waals surface area contributed by atoms with Gasteiger partial charge in [-0.15, -0.1) is 0 Å². The van der Waals surface area contributed by atoms with Crippen LogP contribution in [-0.2, 0) is 33.3 Å². The highest BCUT2D eigenvalue weighted by atomic mass is 16.7. The van der Waals surface area contributed by atoms with Crippen LogP contribution in [0.15, 0.2) is 72.9 Å². The summed E-state index contributed by atoms with van der Waals surface area (Å²) in [4.78, 5) is 37.2. The van der Waals surface area contributed by atoms with Crippen LogP contribution < -0.4 is 5.11 Å². The van der Waals surface area contributed by atoms with Gasteiger partial charge in [0.05, 0.1) is 40.3 Å². The maximum Gasteiger partial charge on any atom is 0.306 e. The van der Waals surface area contributed by atoms with Gasteiger partial charge in [-0.1, -0.05) is 183 Å². The van der Waals surface area contributed by atoms with E-state index in [0.29, 0.717) is 17.4 Å². The summed E-state index contributed by atoms with van der Waals surface area (Å²) in [5.74, 6) is -2.30. The molecule has 9 nitrogen and oxygen atoms in total. The summed E-state index contributed by atoms with van der Waals surface area (Å²) in [6.45, 7) is 4.59. The first-order valence-corrected chi connectivity index (χ1v) is 26.1. The Morgan fingerprint density at radius 1 is 0.477 bits per heavy atom. The molecule has 9 heteroatoms. The molecule has 0 aliphatic heterocycles. The third-order valence-electron chi connectivity index (χ3n) is 10.9. The summed E-state index contributed by atoms with van der Waals surface area (Å²) in [5.41, 5.74) is 0. The Morgan fingerprint density at radius 3 is 1.31 bits per heavy atom. The van der Waals surface area contributed by atoms with Gasteiger partial charge in [-0.3, -0.25) is 9.59 Å². The van der Waals surface area contributed by atoms with Gasteiger partial charge < -0.3 is 33.3 Å². The van der Waals surface area contributed by atoms with E-state index in [2.05, 4.69) is 86.8 Å². The number of allylic oxidation sites excluding steroid dienone is 12. The van der Waals surface area contributed by atoms with Gasteiger partial charge in [0.25, 0.3) is 0 Å². The van der Waals surface area contributed by atoms with Gasteiger partial charge in [-0.25, -0.2) is 0 Å². The maximum absolute atomic E-state index is 12.8. The van der Waals surface area contributed by atoms with E-state index >= 15 is 0 Å². The number of quaternary nitrogens is 1. The first-order chi connectivity index (χ1) is 31.6. The molecule has 0 N–H and O–H groups in total. The Balaban J connectivity index is 4.34. The molecule has 0 aromatic rings. The number of carboxylic acid groups (broad SMARTS) is 1. The van der Waals surface area contributed by atoms with Crippen LogP contribution in [-0.4, -0.2) is 82.3 Å². The molecule has 374 valence electrons. The Kier molecular flexibility index (Phi) is 44.9. The zero-order valence-corrected chi connectivity index (χ0v) is 42.3. The van der Waals surface area contributed by atoms with E-state index < -0.39 is 24.3 Å². The number of nitrogens with zero attached hydrogens (tertiary/aromatic N) is 1. The van der Waals surface area contributed by atoms with Gasteiger partial charge in [0.15, 0.2) is 12.4 Å². The van der Waals surface area contributed by atoms with Crippen LogP contribution in [0.1, 0.15) is 206 Å². The number of likely N-dealkylation sites (N-methyl/N-ethyl adjacent to an activating group) is 1. The van der Waals surface area contributed by atoms with Gasteiger partial charge >= 0.3 is 11.9 Å². The molecule has 0 bridgehead atoms. The summed E-state index contributed by atoms with van der Waals surface area (Å²) in [5, 5.41) is 11.7. The van der Waals surface area contributed by atoms with Crippen molar-refractivity contribution in [2.45, 2.75) is 219 Å². The predicted octanol–water partition coefficient (Wildman–Crippen LogP) is 13.3. The van der Waals surface area contributed by atoms with Crippen LogP contribution in [0.25, 0.3) is 0 Å². The van der Waals surface area contributed by atoms with Gasteiger partial charge in [0, 0.05) is 12.8 Å². The molecule has 0 aromatic heterocycles. The van der Waals surface area contributed by atoms with Crippen molar-refractivity contribution < 1.29 is 42.9 Å². The Labute approximate surface area is 398 Å². The number of ether oxygens (including phenoxy) is 4. The van der Waals surface area contributed by atoms with Crippen LogP contribution in [0.3, 0.4) is 0 Å². The van der Waals surface area contributed by atoms with Crippen molar-refractivity contribution in [2.24, 2.45) is 0 Å². The lowest BCUT2D eigenvalue weighted by molar-refractivity contribution is -0.870. The highest BCUT2D eigenvalue weighted by Gasteiger charge is 2.22. The molecule has 0 aromatic carbocycles. The maximum atomic E-state index is 12.8. The number of rotatable bonds is 47. The van der Waals surface area contributed by atoms with Crippen molar-refractivity contribution in [3.05, 3.63) is 72.9 Å². The summed E-state index contributed by atoms with van der Waals surface area (Å²) in [7, 11) is 5.91. The summed E-state index contributed by atoms with van der Waals surface area (Å²) < 4.78 is 22.6. The highest BCUT2D eigenvalue weighted by molar-refractivity contribution is 5.70. The minimum Gasteiger partial charge on any atom is -0.545 e. The number of esters is 2. The van der Waals surface area contributed by atoms with E-state index in [9.17, 15) is 19.5 Å². The fourth-order valence-corrected chi connectivity index (χ4v) is 6.91. The molecule has 0 saturated carbocycles. The largest absolute Gasteiger partial charge is 0.545 e. The van der Waals surface area contributed by atoms with Crippen molar-refractivity contribution in [3.8, 4) is 0 Å². The normalized spacial score (nSPS) is 13.4. The third kappa shape index (κ3) is 48.5. The van der Waals surface area contributed by atoms with Crippen molar-refractivity contribution in [1.29, 1.82) is 0 Å². The van der Waals surface area contributed by atoms with Crippen molar-refractivity contribution in [3.63, 3.8) is 0 Å². The number of carbonyl (C=O) groups excluding carboxylic acids is 3. The molecule has 0 rings (SSSR count). The van der Waals surface area contributed by atoms with Crippen LogP contribution >= 0.6 is 0 Å². The second-order valence-electron chi connectivity index (χ2n) is 18.4. The molecule has 0 saturated heterocycles. The molecule has 0 aliphatic carbocycles. The van der Waals surface area contributed by atoms with Crippen molar-refractivity contribution in [2.75, 3.05) is 47.5 Å². The monoisotopic (exact) mass is 912 g/mol. The molecule has 65 heavy (non-hydrogen) atoms. The fraction of sp³-hybridized carbons (Fsp3) is 0.732. The zero-order chi connectivity index (χ0) is 47.7. The SMILES string of the molecule is CC/C=C\C/C=C\C/C=C\C/C=C\CCCCCCCCCCCCC(=O)OC(COC(=O)CCCCCCCCC/C=C\C/C=C\CCCCC)COC(OCC[N+](C)(C)C)C(=O)[O-]. The number of carboxylic acids is 1. The zero-order valence-electron chi connectivity index (χ0n) is 42.3. The van der Waals surface area contributed by atoms with E-state index in [1.54, 1.807) is 0 Å². The van der Waals surface area contributed by atoms with Gasteiger partial charge in [0.2, 0.25) is 0 Å². The predicted molar refractivity (Wildman–Crippen MR) is 269 cm³/mol. The van der Waals surface area contributed by atoms with E-state index in [4.69, 9.17) is 18.9 Å². The van der Waals surface area contributed by atoms with Crippen LogP contribution in [0.5, 0.6) is 0 Å². The number of aliphatic carboxylic acids is 1. The lowest BCUT2D eigenvalue weighted by Gasteiger charge is -2.26. The molecule has 0 aliphatic rings. The Bertz CT molecular complexity index is 1290. The molecule has 2 atom stereocenters. The van der Waals surface area contributed by atoms with E-state index in [1.165, 1.54) is 83.5 Å². The van der Waals surface area contributed by atoms with Gasteiger partial charge in [-0.2, -0.15) is 0 Å². The highest BCUT2D eigenvalue weighted by Crippen LogP contribution is 2.15. The molecule has 0 spiro atoms. The van der Waals surface area contributed by atoms with E-state index in [-0.39, 0.29) is 38.6 Å². The average Bonchev–Trinajstić information content (AvgIpc) is 3.27. The van der Waals surface area contributed by atoms with Gasteiger partial charge in [-0.05, 0) is 83.5 Å². The second-order valence-corrected chi connectivity index (χ2v) is 18.4. The molecule has 0 radical (unpaired) electrons. The molecule has 0 fully saturated rings. The first kappa shape index (κ1) is 61.7. The molecular weight excluding hydrogens is 815 g/mol. The fourth-order valence-electron chi connectivity index (χ4n) is 6.91. The van der Waals surface area contributed by atoms with Crippen LogP contribution in [0.4, 0.5) is 0 Å².